The molecule has 0 radical (unpaired) electrons. The average Bonchev–Trinajstić information content (AvgIpc) is 2.97. The van der Waals surface area contributed by atoms with E-state index in [1.165, 1.54) is 5.56 Å². The van der Waals surface area contributed by atoms with E-state index in [-0.39, 0.29) is 30.3 Å². The van der Waals surface area contributed by atoms with E-state index in [4.69, 9.17) is 5.73 Å². The third kappa shape index (κ3) is 4.08. The van der Waals surface area contributed by atoms with E-state index in [1.54, 1.807) is 0 Å². The van der Waals surface area contributed by atoms with Crippen LogP contribution in [0, 0.1) is 0 Å². The minimum absolute atomic E-state index is 0. The molecule has 1 heterocycles. The largest absolute Gasteiger partial charge is 0.340 e. The molecule has 1 amide bonds. The zero-order chi connectivity index (χ0) is 17.3. The molecule has 2 aromatic rings. The third-order valence-electron chi connectivity index (χ3n) is 4.98. The van der Waals surface area contributed by atoms with Crippen LogP contribution in [0.3, 0.4) is 0 Å². The van der Waals surface area contributed by atoms with Crippen LogP contribution in [0.25, 0.3) is 0 Å². The van der Waals surface area contributed by atoms with E-state index in [1.807, 2.05) is 61.2 Å². The summed E-state index contributed by atoms with van der Waals surface area (Å²) in [4.78, 5) is 15.1. The molecule has 0 spiro atoms. The summed E-state index contributed by atoms with van der Waals surface area (Å²) < 4.78 is 1.02. The van der Waals surface area contributed by atoms with Crippen LogP contribution in [-0.2, 0) is 10.2 Å². The summed E-state index contributed by atoms with van der Waals surface area (Å²) >= 11 is 3.45. The fraction of sp³-hybridized carbons (Fsp3) is 0.350. The monoisotopic (exact) mass is 422 g/mol. The number of benzene rings is 2. The minimum Gasteiger partial charge on any atom is -0.340 e. The highest BCUT2D eigenvalue weighted by molar-refractivity contribution is 9.10. The van der Waals surface area contributed by atoms with Gasteiger partial charge < -0.3 is 10.6 Å². The summed E-state index contributed by atoms with van der Waals surface area (Å²) in [6.07, 6.45) is 0. The summed E-state index contributed by atoms with van der Waals surface area (Å²) in [5.74, 6) is 0.342. The summed E-state index contributed by atoms with van der Waals surface area (Å²) in [5.41, 5.74) is 8.01. The second kappa shape index (κ2) is 7.90. The second-order valence-corrected chi connectivity index (χ2v) is 7.94. The number of carbonyl (C=O) groups is 1. The van der Waals surface area contributed by atoms with E-state index >= 15 is 0 Å². The number of hydrogen-bond acceptors (Lipinski definition) is 2. The minimum atomic E-state index is -0.563. The van der Waals surface area contributed by atoms with Gasteiger partial charge in [-0.3, -0.25) is 4.79 Å². The molecule has 2 atom stereocenters. The number of halogens is 2. The first-order chi connectivity index (χ1) is 11.4. The molecule has 1 aliphatic heterocycles. The van der Waals surface area contributed by atoms with Crippen LogP contribution in [0.1, 0.15) is 30.9 Å². The Balaban J connectivity index is 0.00000225. The van der Waals surface area contributed by atoms with Crippen molar-refractivity contribution >= 4 is 34.2 Å². The number of likely N-dealkylation sites (tertiary alicyclic amines) is 1. The molecule has 0 bridgehead atoms. The van der Waals surface area contributed by atoms with E-state index in [2.05, 4.69) is 28.1 Å². The first-order valence-corrected chi connectivity index (χ1v) is 9.05. The third-order valence-corrected chi connectivity index (χ3v) is 5.51. The van der Waals surface area contributed by atoms with E-state index in [0.717, 1.165) is 10.0 Å². The molecule has 1 saturated heterocycles. The van der Waals surface area contributed by atoms with Gasteiger partial charge >= 0.3 is 0 Å². The molecule has 0 unspecified atom stereocenters. The normalized spacial score (nSPS) is 20.2. The first kappa shape index (κ1) is 20.0. The van der Waals surface area contributed by atoms with Crippen LogP contribution in [-0.4, -0.2) is 29.9 Å². The van der Waals surface area contributed by atoms with Crippen molar-refractivity contribution in [2.75, 3.05) is 13.1 Å². The number of nitrogens with two attached hydrogens (primary N) is 1. The number of hydrogen-bond donors (Lipinski definition) is 1. The molecule has 0 aromatic heterocycles. The van der Waals surface area contributed by atoms with Crippen LogP contribution >= 0.6 is 28.3 Å². The lowest BCUT2D eigenvalue weighted by Crippen LogP contribution is -2.43. The van der Waals surface area contributed by atoms with Crippen LogP contribution in [0.4, 0.5) is 0 Å². The van der Waals surface area contributed by atoms with Crippen LogP contribution in [0.5, 0.6) is 0 Å². The molecule has 3 rings (SSSR count). The standard InChI is InChI=1S/C20H23BrN2O.ClH/c1-20(2,15-8-10-16(21)11-9-15)19(24)23-12-17(18(22)13-23)14-6-4-3-5-7-14;/h3-11,17-18H,12-13,22H2,1-2H3;1H/t17-,18+;/m0./s1. The quantitative estimate of drug-likeness (QED) is 0.808. The number of carbonyl (C=O) groups excluding carboxylic acids is 1. The van der Waals surface area contributed by atoms with Gasteiger partial charge in [-0.2, -0.15) is 0 Å². The van der Waals surface area contributed by atoms with E-state index in [9.17, 15) is 4.79 Å². The zero-order valence-corrected chi connectivity index (χ0v) is 16.9. The molecule has 2 N–H and O–H groups in total. The van der Waals surface area contributed by atoms with Crippen molar-refractivity contribution in [3.05, 3.63) is 70.2 Å². The summed E-state index contributed by atoms with van der Waals surface area (Å²) in [5, 5.41) is 0. The maximum Gasteiger partial charge on any atom is 0.232 e. The fourth-order valence-electron chi connectivity index (χ4n) is 3.43. The van der Waals surface area contributed by atoms with Crippen molar-refractivity contribution in [1.29, 1.82) is 0 Å². The van der Waals surface area contributed by atoms with Crippen molar-refractivity contribution in [3.63, 3.8) is 0 Å². The lowest BCUT2D eigenvalue weighted by Gasteiger charge is -2.30. The van der Waals surface area contributed by atoms with Crippen LogP contribution in [0.15, 0.2) is 59.1 Å². The van der Waals surface area contributed by atoms with Gasteiger partial charge in [0, 0.05) is 29.5 Å². The van der Waals surface area contributed by atoms with Crippen LogP contribution in [0.2, 0.25) is 0 Å². The summed E-state index contributed by atoms with van der Waals surface area (Å²) in [6.45, 7) is 5.27. The van der Waals surface area contributed by atoms with Gasteiger partial charge in [0.05, 0.1) is 5.41 Å². The molecule has 2 aromatic carbocycles. The van der Waals surface area contributed by atoms with E-state index in [0.29, 0.717) is 13.1 Å². The van der Waals surface area contributed by atoms with Gasteiger partial charge in [0.2, 0.25) is 5.91 Å². The van der Waals surface area contributed by atoms with Gasteiger partial charge in [-0.25, -0.2) is 0 Å². The molecule has 5 heteroatoms. The molecule has 0 aliphatic carbocycles. The number of amides is 1. The molecule has 134 valence electrons. The Morgan fingerprint density at radius 2 is 1.68 bits per heavy atom. The Morgan fingerprint density at radius 3 is 2.28 bits per heavy atom. The second-order valence-electron chi connectivity index (χ2n) is 7.02. The highest BCUT2D eigenvalue weighted by atomic mass is 79.9. The molecule has 1 aliphatic rings. The summed E-state index contributed by atoms with van der Waals surface area (Å²) in [7, 11) is 0. The first-order valence-electron chi connectivity index (χ1n) is 8.25. The summed E-state index contributed by atoms with van der Waals surface area (Å²) in [6, 6.07) is 18.2. The van der Waals surface area contributed by atoms with Gasteiger partial charge in [-0.05, 0) is 37.1 Å². The highest BCUT2D eigenvalue weighted by Crippen LogP contribution is 2.32. The lowest BCUT2D eigenvalue weighted by molar-refractivity contribution is -0.135. The Bertz CT molecular complexity index is 718. The predicted octanol–water partition coefficient (Wildman–Crippen LogP) is 4.10. The maximum absolute atomic E-state index is 13.1. The van der Waals surface area contributed by atoms with Crippen molar-refractivity contribution < 1.29 is 4.79 Å². The van der Waals surface area contributed by atoms with Gasteiger partial charge in [0.1, 0.15) is 0 Å². The highest BCUT2D eigenvalue weighted by Gasteiger charge is 2.40. The van der Waals surface area contributed by atoms with Crippen molar-refractivity contribution in [2.45, 2.75) is 31.2 Å². The molecular formula is C20H24BrClN2O. The molecule has 0 saturated carbocycles. The molecule has 3 nitrogen and oxygen atoms in total. The van der Waals surface area contributed by atoms with Crippen molar-refractivity contribution in [1.82, 2.24) is 4.90 Å². The van der Waals surface area contributed by atoms with Gasteiger partial charge in [0.15, 0.2) is 0 Å². The Kier molecular flexibility index (Phi) is 6.30. The predicted molar refractivity (Wildman–Crippen MR) is 108 cm³/mol. The number of nitrogens with zero attached hydrogens (tertiary/aromatic N) is 1. The Labute approximate surface area is 164 Å². The van der Waals surface area contributed by atoms with Gasteiger partial charge in [-0.1, -0.05) is 58.4 Å². The lowest BCUT2D eigenvalue weighted by atomic mass is 9.83. The van der Waals surface area contributed by atoms with Gasteiger partial charge in [-0.15, -0.1) is 12.4 Å². The average molecular weight is 424 g/mol. The number of rotatable bonds is 3. The van der Waals surface area contributed by atoms with Gasteiger partial charge in [0.25, 0.3) is 0 Å². The van der Waals surface area contributed by atoms with Crippen LogP contribution < -0.4 is 5.73 Å². The molecule has 1 fully saturated rings. The fourth-order valence-corrected chi connectivity index (χ4v) is 3.70. The topological polar surface area (TPSA) is 46.3 Å². The SMILES string of the molecule is CC(C)(C(=O)N1C[C@@H](N)[C@H](c2ccccc2)C1)c1ccc(Br)cc1.Cl. The van der Waals surface area contributed by atoms with Crippen molar-refractivity contribution in [3.8, 4) is 0 Å². The Morgan fingerprint density at radius 1 is 1.08 bits per heavy atom. The molecular weight excluding hydrogens is 400 g/mol. The zero-order valence-electron chi connectivity index (χ0n) is 14.5. The molecule has 25 heavy (non-hydrogen) atoms. The van der Waals surface area contributed by atoms with E-state index < -0.39 is 5.41 Å². The maximum atomic E-state index is 13.1. The Hall–Kier alpha value is -1.36. The van der Waals surface area contributed by atoms with Crippen molar-refractivity contribution in [2.24, 2.45) is 5.73 Å². The smallest absolute Gasteiger partial charge is 0.232 e.